The first-order chi connectivity index (χ1) is 18.5. The summed E-state index contributed by atoms with van der Waals surface area (Å²) in [6.07, 6.45) is 7.38. The van der Waals surface area contributed by atoms with E-state index in [4.69, 9.17) is 28.4 Å². The number of benzene rings is 2. The summed E-state index contributed by atoms with van der Waals surface area (Å²) in [5.74, 6) is 2.91. The predicted molar refractivity (Wildman–Crippen MR) is 152 cm³/mol. The average molecular weight is 529 g/mol. The van der Waals surface area contributed by atoms with E-state index in [1.165, 1.54) is 6.08 Å². The number of carbonyl (C=O) groups excluding carboxylic acids is 1. The molecule has 0 aliphatic heterocycles. The van der Waals surface area contributed by atoms with Gasteiger partial charge in [0.2, 0.25) is 0 Å². The van der Waals surface area contributed by atoms with Gasteiger partial charge in [0.25, 0.3) is 0 Å². The van der Waals surface area contributed by atoms with Crippen LogP contribution in [-0.4, -0.2) is 45.9 Å². The normalized spacial score (nSPS) is 10.9. The van der Waals surface area contributed by atoms with Crippen molar-refractivity contribution < 1.29 is 33.2 Å². The first-order valence-electron chi connectivity index (χ1n) is 13.8. The minimum atomic E-state index is -0.260. The maximum absolute atomic E-state index is 13.7. The topological polar surface area (TPSA) is 72.5 Å². The lowest BCUT2D eigenvalue weighted by Gasteiger charge is -2.18. The van der Waals surface area contributed by atoms with Crippen molar-refractivity contribution >= 4 is 11.9 Å². The summed E-state index contributed by atoms with van der Waals surface area (Å²) in [5, 5.41) is 0. The van der Waals surface area contributed by atoms with Crippen LogP contribution in [0.3, 0.4) is 0 Å². The van der Waals surface area contributed by atoms with Gasteiger partial charge in [-0.05, 0) is 62.5 Å². The number of hydrogen-bond donors (Lipinski definition) is 0. The summed E-state index contributed by atoms with van der Waals surface area (Å²) in [4.78, 5) is 13.7. The highest BCUT2D eigenvalue weighted by atomic mass is 16.5. The van der Waals surface area contributed by atoms with E-state index in [1.807, 2.05) is 52.8 Å². The maximum atomic E-state index is 13.7. The molecule has 0 saturated heterocycles. The van der Waals surface area contributed by atoms with Gasteiger partial charge in [0.1, 0.15) is 17.1 Å². The van der Waals surface area contributed by atoms with Crippen molar-refractivity contribution in [3.63, 3.8) is 0 Å². The Balaban J connectivity index is 2.59. The summed E-state index contributed by atoms with van der Waals surface area (Å²) in [5.41, 5.74) is 1.03. The first-order valence-corrected chi connectivity index (χ1v) is 13.8. The molecule has 0 spiro atoms. The van der Waals surface area contributed by atoms with Crippen LogP contribution in [0.5, 0.6) is 34.5 Å². The zero-order chi connectivity index (χ0) is 27.8. The molecule has 0 fully saturated rings. The largest absolute Gasteiger partial charge is 0.493 e. The minimum absolute atomic E-state index is 0.260. The fourth-order valence-corrected chi connectivity index (χ4v) is 3.57. The van der Waals surface area contributed by atoms with E-state index >= 15 is 0 Å². The summed E-state index contributed by atoms with van der Waals surface area (Å²) in [6, 6.07) is 7.25. The highest BCUT2D eigenvalue weighted by molar-refractivity contribution is 6.11. The molecular weight excluding hydrogens is 484 g/mol. The van der Waals surface area contributed by atoms with E-state index in [9.17, 15) is 4.79 Å². The SMILES string of the molecule is CCCOc1cc(C=CC(=O)c2c(OCCC)ccc(OCCC)c2OCCC)c(OCCC)c(OC)c1. The van der Waals surface area contributed by atoms with Gasteiger partial charge in [-0.3, -0.25) is 4.79 Å². The van der Waals surface area contributed by atoms with Gasteiger partial charge in [-0.25, -0.2) is 0 Å². The Bertz CT molecular complexity index is 1030. The van der Waals surface area contributed by atoms with Gasteiger partial charge in [-0.2, -0.15) is 0 Å². The Hall–Kier alpha value is -3.35. The number of allylic oxidation sites excluding steroid dienone is 1. The molecule has 0 bridgehead atoms. The minimum Gasteiger partial charge on any atom is -0.493 e. The van der Waals surface area contributed by atoms with Crippen LogP contribution in [0, 0.1) is 0 Å². The van der Waals surface area contributed by atoms with E-state index in [1.54, 1.807) is 19.3 Å². The molecule has 0 heterocycles. The standard InChI is InChI=1S/C31H44O7/c1-7-16-34-24-21-23(30(37-19-10-4)28(22-24)33-6)12-13-25(32)29-26(35-17-8-2)14-15-27(36-18-9-3)31(29)38-20-11-5/h12-15,21-22H,7-11,16-20H2,1-6H3. The highest BCUT2D eigenvalue weighted by Gasteiger charge is 2.23. The zero-order valence-corrected chi connectivity index (χ0v) is 23.9. The van der Waals surface area contributed by atoms with Gasteiger partial charge < -0.3 is 28.4 Å². The molecule has 0 atom stereocenters. The van der Waals surface area contributed by atoms with E-state index in [0.29, 0.717) is 78.7 Å². The van der Waals surface area contributed by atoms with Crippen molar-refractivity contribution in [1.29, 1.82) is 0 Å². The summed E-state index contributed by atoms with van der Waals surface area (Å²) in [7, 11) is 1.59. The second-order valence-electron chi connectivity index (χ2n) is 8.75. The Morgan fingerprint density at radius 1 is 0.658 bits per heavy atom. The second-order valence-corrected chi connectivity index (χ2v) is 8.75. The highest BCUT2D eigenvalue weighted by Crippen LogP contribution is 2.40. The van der Waals surface area contributed by atoms with Crippen LogP contribution in [0.15, 0.2) is 30.3 Å². The zero-order valence-electron chi connectivity index (χ0n) is 23.9. The van der Waals surface area contributed by atoms with Gasteiger partial charge in [0.15, 0.2) is 28.8 Å². The Kier molecular flexibility index (Phi) is 14.0. The van der Waals surface area contributed by atoms with Crippen molar-refractivity contribution in [1.82, 2.24) is 0 Å². The van der Waals surface area contributed by atoms with Crippen LogP contribution in [0.2, 0.25) is 0 Å². The van der Waals surface area contributed by atoms with Crippen LogP contribution >= 0.6 is 0 Å². The number of carbonyl (C=O) groups is 1. The molecule has 210 valence electrons. The fraction of sp³-hybridized carbons (Fsp3) is 0.516. The molecule has 2 rings (SSSR count). The lowest BCUT2D eigenvalue weighted by Crippen LogP contribution is -2.10. The van der Waals surface area contributed by atoms with Crippen LogP contribution in [0.4, 0.5) is 0 Å². The molecule has 7 heteroatoms. The molecule has 0 unspecified atom stereocenters. The quantitative estimate of drug-likeness (QED) is 0.138. The lowest BCUT2D eigenvalue weighted by molar-refractivity contribution is 0.103. The van der Waals surface area contributed by atoms with Gasteiger partial charge >= 0.3 is 0 Å². The van der Waals surface area contributed by atoms with Crippen LogP contribution in [0.25, 0.3) is 6.08 Å². The van der Waals surface area contributed by atoms with Crippen LogP contribution < -0.4 is 28.4 Å². The predicted octanol–water partition coefficient (Wildman–Crippen LogP) is 7.54. The molecule has 0 aliphatic carbocycles. The smallest absolute Gasteiger partial charge is 0.193 e. The molecule has 0 radical (unpaired) electrons. The third-order valence-corrected chi connectivity index (χ3v) is 5.32. The fourth-order valence-electron chi connectivity index (χ4n) is 3.57. The number of hydrogen-bond acceptors (Lipinski definition) is 7. The van der Waals surface area contributed by atoms with Gasteiger partial charge in [-0.15, -0.1) is 0 Å². The third kappa shape index (κ3) is 8.89. The Morgan fingerprint density at radius 3 is 1.79 bits per heavy atom. The molecular formula is C31H44O7. The van der Waals surface area contributed by atoms with E-state index < -0.39 is 0 Å². The summed E-state index contributed by atoms with van der Waals surface area (Å²) < 4.78 is 35.4. The molecule has 0 N–H and O–H groups in total. The number of ether oxygens (including phenoxy) is 6. The van der Waals surface area contributed by atoms with Crippen molar-refractivity contribution in [2.75, 3.05) is 40.1 Å². The molecule has 0 amide bonds. The monoisotopic (exact) mass is 528 g/mol. The number of methoxy groups -OCH3 is 1. The second kappa shape index (κ2) is 17.2. The van der Waals surface area contributed by atoms with Gasteiger partial charge in [0.05, 0.1) is 40.1 Å². The van der Waals surface area contributed by atoms with Crippen LogP contribution in [-0.2, 0) is 0 Å². The maximum Gasteiger partial charge on any atom is 0.193 e. The molecule has 2 aromatic carbocycles. The number of rotatable bonds is 19. The molecule has 7 nitrogen and oxygen atoms in total. The molecule has 2 aromatic rings. The Morgan fingerprint density at radius 2 is 1.18 bits per heavy atom. The average Bonchev–Trinajstić information content (AvgIpc) is 2.94. The van der Waals surface area contributed by atoms with Crippen molar-refractivity contribution in [3.8, 4) is 34.5 Å². The van der Waals surface area contributed by atoms with Crippen molar-refractivity contribution in [2.24, 2.45) is 0 Å². The number of ketones is 1. The lowest BCUT2D eigenvalue weighted by atomic mass is 10.0. The summed E-state index contributed by atoms with van der Waals surface area (Å²) >= 11 is 0. The molecule has 0 aromatic heterocycles. The third-order valence-electron chi connectivity index (χ3n) is 5.32. The Labute approximate surface area is 228 Å². The van der Waals surface area contributed by atoms with E-state index in [0.717, 1.165) is 32.1 Å². The van der Waals surface area contributed by atoms with E-state index in [2.05, 4.69) is 0 Å². The summed E-state index contributed by atoms with van der Waals surface area (Å²) in [6.45, 7) is 12.7. The molecule has 0 aliphatic rings. The van der Waals surface area contributed by atoms with Crippen molar-refractivity contribution in [3.05, 3.63) is 41.5 Å². The van der Waals surface area contributed by atoms with Crippen LogP contribution in [0.1, 0.15) is 82.6 Å². The van der Waals surface area contributed by atoms with Crippen molar-refractivity contribution in [2.45, 2.75) is 66.7 Å². The first kappa shape index (κ1) is 30.9. The van der Waals surface area contributed by atoms with Gasteiger partial charge in [-0.1, -0.05) is 34.6 Å². The van der Waals surface area contributed by atoms with E-state index in [-0.39, 0.29) is 5.78 Å². The van der Waals surface area contributed by atoms with Gasteiger partial charge in [0, 0.05) is 11.6 Å². The molecule has 0 saturated carbocycles. The molecule has 38 heavy (non-hydrogen) atoms.